The molecule has 0 N–H and O–H groups in total. The van der Waals surface area contributed by atoms with Crippen LogP contribution in [0.2, 0.25) is 0 Å². The molecule has 2 aliphatic rings. The monoisotopic (exact) mass is 421 g/mol. The summed E-state index contributed by atoms with van der Waals surface area (Å²) in [6.45, 7) is 0. The lowest BCUT2D eigenvalue weighted by Crippen LogP contribution is -2.15. The highest BCUT2D eigenvalue weighted by Gasteiger charge is 2.24. The Balaban J connectivity index is 1.26. The number of benzene rings is 4. The summed E-state index contributed by atoms with van der Waals surface area (Å²) >= 11 is 7.08. The number of rotatable bonds is 4. The fourth-order valence-electron chi connectivity index (χ4n) is 5.25. The zero-order valence-corrected chi connectivity index (χ0v) is 18.5. The summed E-state index contributed by atoms with van der Waals surface area (Å²) in [5.74, 6) is 0. The fourth-order valence-corrected chi connectivity index (χ4v) is 7.73. The van der Waals surface area contributed by atoms with Crippen LogP contribution < -0.4 is 0 Å². The second kappa shape index (κ2) is 7.26. The van der Waals surface area contributed by atoms with Crippen molar-refractivity contribution < 1.29 is 0 Å². The average molecular weight is 422 g/mol. The van der Waals surface area contributed by atoms with E-state index in [1.165, 1.54) is 55.6 Å². The van der Waals surface area contributed by atoms with E-state index >= 15 is 0 Å². The van der Waals surface area contributed by atoms with Gasteiger partial charge < -0.3 is 0 Å². The standard InChI is InChI=1S/C28H22ClSi/c29-30(17-21-9-5-13-25-23-11-3-1-7-19(23)15-27(21)25)18-22-10-6-14-26-24-12-4-2-8-20(24)16-28(22)26/h1-14H,15-18H2. The number of hydrogen-bond donors (Lipinski definition) is 0. The summed E-state index contributed by atoms with van der Waals surface area (Å²) in [5.41, 5.74) is 14.4. The molecule has 4 aromatic carbocycles. The number of halogens is 1. The minimum Gasteiger partial charge on any atom is -0.168 e. The van der Waals surface area contributed by atoms with Crippen LogP contribution in [0.1, 0.15) is 33.4 Å². The molecule has 0 aromatic heterocycles. The summed E-state index contributed by atoms with van der Waals surface area (Å²) in [5, 5.41) is 0. The Hall–Kier alpha value is -2.61. The van der Waals surface area contributed by atoms with Gasteiger partial charge in [0.1, 0.15) is 0 Å². The lowest BCUT2D eigenvalue weighted by Gasteiger charge is -2.14. The SMILES string of the molecule is Cl[Si](Cc1cccc2c1Cc1ccccc1-2)Cc1cccc2c1Cc1ccccc1-2. The molecule has 0 saturated carbocycles. The first kappa shape index (κ1) is 18.2. The van der Waals surface area contributed by atoms with Crippen LogP contribution in [0.4, 0.5) is 0 Å². The van der Waals surface area contributed by atoms with Gasteiger partial charge in [-0.25, -0.2) is 0 Å². The van der Waals surface area contributed by atoms with Crippen LogP contribution in [0.15, 0.2) is 84.9 Å². The van der Waals surface area contributed by atoms with Crippen LogP contribution in [0, 0.1) is 0 Å². The fraction of sp³-hybridized carbons (Fsp3) is 0.143. The van der Waals surface area contributed by atoms with Crippen LogP contribution in [-0.2, 0) is 24.9 Å². The minimum absolute atomic E-state index is 1.01. The van der Waals surface area contributed by atoms with Gasteiger partial charge in [-0.1, -0.05) is 84.9 Å². The summed E-state index contributed by atoms with van der Waals surface area (Å²) in [6.07, 6.45) is 2.09. The van der Waals surface area contributed by atoms with Crippen molar-refractivity contribution in [2.75, 3.05) is 0 Å². The molecule has 0 unspecified atom stereocenters. The van der Waals surface area contributed by atoms with Gasteiger partial charge >= 0.3 is 0 Å². The molecule has 0 spiro atoms. The van der Waals surface area contributed by atoms with Crippen LogP contribution in [0.5, 0.6) is 0 Å². The van der Waals surface area contributed by atoms with Gasteiger partial charge in [-0.15, -0.1) is 0 Å². The van der Waals surface area contributed by atoms with Crippen molar-refractivity contribution in [2.45, 2.75) is 24.9 Å². The van der Waals surface area contributed by atoms with E-state index in [-0.39, 0.29) is 0 Å². The van der Waals surface area contributed by atoms with Gasteiger partial charge in [0, 0.05) is 0 Å². The van der Waals surface area contributed by atoms with Gasteiger partial charge in [-0.2, -0.15) is 11.1 Å². The van der Waals surface area contributed by atoms with Crippen molar-refractivity contribution in [1.82, 2.24) is 0 Å². The van der Waals surface area contributed by atoms with Gasteiger partial charge in [0.2, 0.25) is 0 Å². The van der Waals surface area contributed by atoms with Gasteiger partial charge in [0.05, 0.1) is 0 Å². The number of fused-ring (bicyclic) bond motifs is 6. The molecule has 145 valence electrons. The van der Waals surface area contributed by atoms with Crippen LogP contribution >= 0.6 is 11.1 Å². The Kier molecular flexibility index (Phi) is 4.40. The van der Waals surface area contributed by atoms with Gasteiger partial charge in [-0.05, 0) is 80.6 Å². The molecule has 30 heavy (non-hydrogen) atoms. The summed E-state index contributed by atoms with van der Waals surface area (Å²) in [6, 6.07) is 33.2. The smallest absolute Gasteiger partial charge is 0.168 e. The Morgan fingerprint density at radius 1 is 0.533 bits per heavy atom. The highest BCUT2D eigenvalue weighted by atomic mass is 35.6. The third-order valence-electron chi connectivity index (χ3n) is 6.66. The largest absolute Gasteiger partial charge is 0.174 e. The van der Waals surface area contributed by atoms with Crippen molar-refractivity contribution in [3.8, 4) is 22.3 Å². The third-order valence-corrected chi connectivity index (χ3v) is 8.99. The molecule has 0 aliphatic heterocycles. The predicted molar refractivity (Wildman–Crippen MR) is 128 cm³/mol. The first-order valence-corrected chi connectivity index (χ1v) is 13.6. The molecule has 2 heteroatoms. The van der Waals surface area contributed by atoms with Crippen molar-refractivity contribution >= 4 is 19.2 Å². The molecule has 0 heterocycles. The molecule has 0 atom stereocenters. The lowest BCUT2D eigenvalue weighted by molar-refractivity contribution is 1.16. The van der Waals surface area contributed by atoms with Gasteiger partial charge in [-0.3, -0.25) is 0 Å². The Labute approximate surface area is 184 Å². The van der Waals surface area contributed by atoms with Crippen molar-refractivity contribution in [1.29, 1.82) is 0 Å². The molecular formula is C28H22ClSi. The molecule has 1 radical (unpaired) electrons. The van der Waals surface area contributed by atoms with E-state index < -0.39 is 8.11 Å². The number of hydrogen-bond acceptors (Lipinski definition) is 0. The molecular weight excluding hydrogens is 400 g/mol. The van der Waals surface area contributed by atoms with E-state index in [0.717, 1.165) is 24.9 Å². The van der Waals surface area contributed by atoms with Crippen LogP contribution in [-0.4, -0.2) is 8.11 Å². The molecule has 0 bridgehead atoms. The Bertz CT molecular complexity index is 1170. The first-order chi connectivity index (χ1) is 14.8. The lowest BCUT2D eigenvalue weighted by atomic mass is 10.0. The van der Waals surface area contributed by atoms with E-state index in [1.807, 2.05) is 0 Å². The van der Waals surface area contributed by atoms with Crippen molar-refractivity contribution in [3.05, 3.63) is 118 Å². The maximum atomic E-state index is 7.08. The topological polar surface area (TPSA) is 0 Å². The first-order valence-electron chi connectivity index (χ1n) is 10.7. The highest BCUT2D eigenvalue weighted by Crippen LogP contribution is 2.40. The molecule has 4 aromatic rings. The highest BCUT2D eigenvalue weighted by molar-refractivity contribution is 7.06. The molecule has 0 nitrogen and oxygen atoms in total. The molecule has 2 aliphatic carbocycles. The van der Waals surface area contributed by atoms with E-state index in [0.29, 0.717) is 0 Å². The normalized spacial score (nSPS) is 13.1. The average Bonchev–Trinajstić information content (AvgIpc) is 3.34. The Morgan fingerprint density at radius 3 is 1.47 bits per heavy atom. The third kappa shape index (κ3) is 2.96. The van der Waals surface area contributed by atoms with Crippen LogP contribution in [0.25, 0.3) is 22.3 Å². The summed E-state index contributed by atoms with van der Waals surface area (Å²) < 4.78 is 0. The van der Waals surface area contributed by atoms with Gasteiger partial charge in [0.15, 0.2) is 8.11 Å². The van der Waals surface area contributed by atoms with Crippen LogP contribution in [0.3, 0.4) is 0 Å². The maximum absolute atomic E-state index is 7.08. The molecule has 0 fully saturated rings. The van der Waals surface area contributed by atoms with E-state index in [2.05, 4.69) is 84.9 Å². The quantitative estimate of drug-likeness (QED) is 0.214. The molecule has 6 rings (SSSR count). The Morgan fingerprint density at radius 2 is 0.967 bits per heavy atom. The summed E-state index contributed by atoms with van der Waals surface area (Å²) in [7, 11) is -1.04. The summed E-state index contributed by atoms with van der Waals surface area (Å²) in [4.78, 5) is 0. The maximum Gasteiger partial charge on any atom is 0.174 e. The van der Waals surface area contributed by atoms with Crippen molar-refractivity contribution in [3.63, 3.8) is 0 Å². The van der Waals surface area contributed by atoms with Crippen molar-refractivity contribution in [2.24, 2.45) is 0 Å². The predicted octanol–water partition coefficient (Wildman–Crippen LogP) is 6.92. The molecule has 0 saturated heterocycles. The second-order valence-electron chi connectivity index (χ2n) is 8.43. The van der Waals surface area contributed by atoms with E-state index in [9.17, 15) is 0 Å². The minimum atomic E-state index is -1.04. The zero-order chi connectivity index (χ0) is 20.1. The zero-order valence-electron chi connectivity index (χ0n) is 16.8. The van der Waals surface area contributed by atoms with E-state index in [4.69, 9.17) is 11.1 Å². The van der Waals surface area contributed by atoms with Gasteiger partial charge in [0.25, 0.3) is 0 Å². The second-order valence-corrected chi connectivity index (χ2v) is 11.8. The molecule has 0 amide bonds. The van der Waals surface area contributed by atoms with E-state index in [1.54, 1.807) is 0 Å².